The van der Waals surface area contributed by atoms with E-state index in [4.69, 9.17) is 21.1 Å². The van der Waals surface area contributed by atoms with E-state index in [1.54, 1.807) is 24.3 Å². The first kappa shape index (κ1) is 16.5. The van der Waals surface area contributed by atoms with E-state index in [1.165, 1.54) is 20.2 Å². The molecule has 0 bridgehead atoms. The molecule has 118 valence electrons. The zero-order valence-corrected chi connectivity index (χ0v) is 13.5. The van der Waals surface area contributed by atoms with Crippen LogP contribution in [-0.4, -0.2) is 32.5 Å². The summed E-state index contributed by atoms with van der Waals surface area (Å²) < 4.78 is 35.6. The Balaban J connectivity index is 2.13. The second-order valence-electron chi connectivity index (χ2n) is 4.22. The Morgan fingerprint density at radius 3 is 2.50 bits per heavy atom. The zero-order chi connectivity index (χ0) is 16.2. The summed E-state index contributed by atoms with van der Waals surface area (Å²) in [5.41, 5.74) is 0.639. The first-order valence-electron chi connectivity index (χ1n) is 6.18. The highest BCUT2D eigenvalue weighted by Gasteiger charge is 2.09. The summed E-state index contributed by atoms with van der Waals surface area (Å²) in [7, 11) is -0.507. The molecule has 0 saturated heterocycles. The average Bonchev–Trinajstić information content (AvgIpc) is 2.48. The topological polar surface area (TPSA) is 90.4 Å². The van der Waals surface area contributed by atoms with Crippen LogP contribution in [0.15, 0.2) is 30.3 Å². The number of ether oxygens (including phenoxy) is 2. The molecule has 0 atom stereocenters. The van der Waals surface area contributed by atoms with Crippen LogP contribution in [0.5, 0.6) is 17.6 Å². The lowest BCUT2D eigenvalue weighted by Crippen LogP contribution is -2.20. The number of halogens is 1. The van der Waals surface area contributed by atoms with Crippen molar-refractivity contribution in [3.8, 4) is 17.6 Å². The Morgan fingerprint density at radius 2 is 1.91 bits per heavy atom. The van der Waals surface area contributed by atoms with E-state index in [9.17, 15) is 8.42 Å². The summed E-state index contributed by atoms with van der Waals surface area (Å²) in [5.74, 6) is 0.617. The molecule has 0 radical (unpaired) electrons. The second kappa shape index (κ2) is 6.91. The number of hydrogen-bond donors (Lipinski definition) is 1. The van der Waals surface area contributed by atoms with Crippen molar-refractivity contribution in [1.82, 2.24) is 14.7 Å². The van der Waals surface area contributed by atoms with E-state index in [1.807, 2.05) is 0 Å². The van der Waals surface area contributed by atoms with Crippen molar-refractivity contribution in [2.24, 2.45) is 0 Å². The van der Waals surface area contributed by atoms with Gasteiger partial charge in [-0.1, -0.05) is 23.7 Å². The quantitative estimate of drug-likeness (QED) is 0.806. The van der Waals surface area contributed by atoms with Crippen LogP contribution in [0.1, 0.15) is 5.56 Å². The molecule has 0 unspecified atom stereocenters. The summed E-state index contributed by atoms with van der Waals surface area (Å²) in [6.07, 6.45) is 0. The lowest BCUT2D eigenvalue weighted by Gasteiger charge is -2.07. The molecule has 1 aromatic carbocycles. The third kappa shape index (κ3) is 4.55. The molecular formula is C13H14ClN3O4S. The monoisotopic (exact) mass is 343 g/mol. The molecule has 1 heterocycles. The number of nitrogens with one attached hydrogen (secondary N) is 1. The van der Waals surface area contributed by atoms with Gasteiger partial charge in [0.05, 0.1) is 12.9 Å². The van der Waals surface area contributed by atoms with Gasteiger partial charge in [-0.25, -0.2) is 13.1 Å². The summed E-state index contributed by atoms with van der Waals surface area (Å²) in [6, 6.07) is 8.14. The average molecular weight is 344 g/mol. The maximum atomic E-state index is 11.5. The van der Waals surface area contributed by atoms with Gasteiger partial charge in [0.15, 0.2) is 0 Å². The van der Waals surface area contributed by atoms with Crippen LogP contribution in [0.25, 0.3) is 0 Å². The minimum Gasteiger partial charge on any atom is -0.467 e. The standard InChI is InChI=1S/C13H14ClN3O4S/c1-15-22(18,19)8-9-3-5-10(6-4-9)21-12-7-11(14)16-13(17-12)20-2/h3-7,15H,8H2,1-2H3. The van der Waals surface area contributed by atoms with Crippen LogP contribution >= 0.6 is 11.6 Å². The summed E-state index contributed by atoms with van der Waals surface area (Å²) in [4.78, 5) is 7.83. The molecule has 0 spiro atoms. The number of methoxy groups -OCH3 is 1. The number of nitrogens with zero attached hydrogens (tertiary/aromatic N) is 2. The fraction of sp³-hybridized carbons (Fsp3) is 0.231. The lowest BCUT2D eigenvalue weighted by atomic mass is 10.2. The molecule has 0 saturated carbocycles. The van der Waals surface area contributed by atoms with Crippen molar-refractivity contribution in [3.63, 3.8) is 0 Å². The lowest BCUT2D eigenvalue weighted by molar-refractivity contribution is 0.366. The maximum absolute atomic E-state index is 11.5. The number of hydrogen-bond acceptors (Lipinski definition) is 6. The van der Waals surface area contributed by atoms with Gasteiger partial charge in [0.1, 0.15) is 10.9 Å². The molecule has 22 heavy (non-hydrogen) atoms. The van der Waals surface area contributed by atoms with Crippen LogP contribution in [0, 0.1) is 0 Å². The molecule has 0 aliphatic carbocycles. The largest absolute Gasteiger partial charge is 0.467 e. The molecular weight excluding hydrogens is 330 g/mol. The molecule has 9 heteroatoms. The molecule has 0 aliphatic rings. The molecule has 0 fully saturated rings. The summed E-state index contributed by atoms with van der Waals surface area (Å²) in [6.45, 7) is 0. The Morgan fingerprint density at radius 1 is 1.23 bits per heavy atom. The van der Waals surface area contributed by atoms with Gasteiger partial charge in [-0.05, 0) is 24.7 Å². The highest BCUT2D eigenvalue weighted by atomic mass is 35.5. The van der Waals surface area contributed by atoms with Gasteiger partial charge in [-0.2, -0.15) is 9.97 Å². The number of sulfonamides is 1. The molecule has 7 nitrogen and oxygen atoms in total. The van der Waals surface area contributed by atoms with Gasteiger partial charge in [-0.3, -0.25) is 0 Å². The molecule has 2 aromatic rings. The van der Waals surface area contributed by atoms with E-state index >= 15 is 0 Å². The van der Waals surface area contributed by atoms with Gasteiger partial charge >= 0.3 is 6.01 Å². The van der Waals surface area contributed by atoms with Gasteiger partial charge < -0.3 is 9.47 Å². The Labute approximate surface area is 133 Å². The van der Waals surface area contributed by atoms with E-state index in [-0.39, 0.29) is 22.8 Å². The van der Waals surface area contributed by atoms with Gasteiger partial charge in [-0.15, -0.1) is 0 Å². The highest BCUT2D eigenvalue weighted by Crippen LogP contribution is 2.24. The fourth-order valence-electron chi connectivity index (χ4n) is 1.59. The van der Waals surface area contributed by atoms with E-state index in [2.05, 4.69) is 14.7 Å². The number of rotatable bonds is 6. The van der Waals surface area contributed by atoms with E-state index in [0.717, 1.165) is 0 Å². The SMILES string of the molecule is CNS(=O)(=O)Cc1ccc(Oc2cc(Cl)nc(OC)n2)cc1. The molecule has 1 N–H and O–H groups in total. The van der Waals surface area contributed by atoms with Gasteiger partial charge in [0.2, 0.25) is 15.9 Å². The Bertz CT molecular complexity index is 750. The predicted octanol–water partition coefficient (Wildman–Crippen LogP) is 1.98. The van der Waals surface area contributed by atoms with Crippen LogP contribution in [0.3, 0.4) is 0 Å². The van der Waals surface area contributed by atoms with Gasteiger partial charge in [0, 0.05) is 6.07 Å². The van der Waals surface area contributed by atoms with Crippen LogP contribution in [0.4, 0.5) is 0 Å². The van der Waals surface area contributed by atoms with Crippen molar-refractivity contribution in [2.75, 3.05) is 14.2 Å². The molecule has 1 aromatic heterocycles. The Hall–Kier alpha value is -1.90. The molecule has 0 amide bonds. The minimum atomic E-state index is -3.30. The van der Waals surface area contributed by atoms with Crippen molar-refractivity contribution in [2.45, 2.75) is 5.75 Å². The molecule has 2 rings (SSSR count). The second-order valence-corrected chi connectivity index (χ2v) is 6.54. The maximum Gasteiger partial charge on any atom is 0.320 e. The third-order valence-electron chi connectivity index (χ3n) is 2.65. The van der Waals surface area contributed by atoms with Crippen LogP contribution < -0.4 is 14.2 Å². The normalized spacial score (nSPS) is 11.2. The van der Waals surface area contributed by atoms with Crippen LogP contribution in [0.2, 0.25) is 5.15 Å². The smallest absolute Gasteiger partial charge is 0.320 e. The third-order valence-corrected chi connectivity index (χ3v) is 4.18. The van der Waals surface area contributed by atoms with Crippen LogP contribution in [-0.2, 0) is 15.8 Å². The van der Waals surface area contributed by atoms with Crippen molar-refractivity contribution in [3.05, 3.63) is 41.0 Å². The summed E-state index contributed by atoms with van der Waals surface area (Å²) in [5, 5.41) is 0.193. The van der Waals surface area contributed by atoms with Crippen molar-refractivity contribution in [1.29, 1.82) is 0 Å². The van der Waals surface area contributed by atoms with E-state index < -0.39 is 10.0 Å². The molecule has 0 aliphatic heterocycles. The number of aromatic nitrogens is 2. The van der Waals surface area contributed by atoms with Crippen molar-refractivity contribution >= 4 is 21.6 Å². The minimum absolute atomic E-state index is 0.0965. The predicted molar refractivity (Wildman–Crippen MR) is 81.8 cm³/mol. The zero-order valence-electron chi connectivity index (χ0n) is 11.9. The highest BCUT2D eigenvalue weighted by molar-refractivity contribution is 7.88. The number of benzene rings is 1. The first-order chi connectivity index (χ1) is 10.4. The van der Waals surface area contributed by atoms with E-state index in [0.29, 0.717) is 11.3 Å². The van der Waals surface area contributed by atoms with Crippen molar-refractivity contribution < 1.29 is 17.9 Å². The Kier molecular flexibility index (Phi) is 5.17. The van der Waals surface area contributed by atoms with Gasteiger partial charge in [0.25, 0.3) is 0 Å². The fourth-order valence-corrected chi connectivity index (χ4v) is 2.53. The first-order valence-corrected chi connectivity index (χ1v) is 8.21. The summed E-state index contributed by atoms with van der Waals surface area (Å²) >= 11 is 5.82.